The molecular formula is C16H28O3Si. The Hall–Kier alpha value is -0.453. The van der Waals surface area contributed by atoms with E-state index in [-0.39, 0.29) is 30.0 Å². The van der Waals surface area contributed by atoms with Crippen molar-refractivity contribution < 1.29 is 14.3 Å². The van der Waals surface area contributed by atoms with Gasteiger partial charge in [-0.3, -0.25) is 4.79 Å². The number of Topliss-reactive ketones (excluding diaryl/α,β-unsaturated/α-hetero) is 1. The first-order valence-electron chi connectivity index (χ1n) is 7.64. The van der Waals surface area contributed by atoms with Crippen molar-refractivity contribution in [2.45, 2.75) is 58.0 Å². The summed E-state index contributed by atoms with van der Waals surface area (Å²) in [5.74, 6) is 0.257. The van der Waals surface area contributed by atoms with E-state index in [1.54, 1.807) is 0 Å². The molecule has 0 radical (unpaired) electrons. The van der Waals surface area contributed by atoms with Gasteiger partial charge in [0, 0.05) is 26.0 Å². The van der Waals surface area contributed by atoms with Gasteiger partial charge in [-0.2, -0.15) is 0 Å². The average molecular weight is 296 g/mol. The smallest absolute Gasteiger partial charge is 0.169 e. The van der Waals surface area contributed by atoms with Gasteiger partial charge in [-0.1, -0.05) is 38.7 Å². The van der Waals surface area contributed by atoms with Crippen LogP contribution in [0, 0.1) is 11.3 Å². The van der Waals surface area contributed by atoms with E-state index in [1.165, 1.54) is 0 Å². The van der Waals surface area contributed by atoms with E-state index in [2.05, 4.69) is 33.1 Å². The third kappa shape index (κ3) is 3.41. The second kappa shape index (κ2) is 5.74. The number of fused-ring (bicyclic) bond motifs is 3. The number of carbonyl (C=O) groups excluding carboxylic acids is 1. The fourth-order valence-electron chi connectivity index (χ4n) is 3.34. The lowest BCUT2D eigenvalue weighted by Gasteiger charge is -2.49. The minimum absolute atomic E-state index is 0.0313. The molecule has 2 bridgehead atoms. The first-order valence-corrected chi connectivity index (χ1v) is 11.3. The predicted molar refractivity (Wildman–Crippen MR) is 83.4 cm³/mol. The standard InChI is InChI=1S/C16H28O3Si/c1-12-10-16(2)7-6-13(12)14(17)15(16)19-11-18-8-9-20(3,4)5/h13,15H,1,6-11H2,2-5H3/t13-,15+,16+/m0/s1. The zero-order valence-electron chi connectivity index (χ0n) is 13.3. The summed E-state index contributed by atoms with van der Waals surface area (Å²) in [4.78, 5) is 12.4. The molecule has 3 nitrogen and oxygen atoms in total. The molecule has 0 saturated heterocycles. The first-order chi connectivity index (χ1) is 9.23. The zero-order valence-corrected chi connectivity index (χ0v) is 14.3. The molecule has 0 unspecified atom stereocenters. The van der Waals surface area contributed by atoms with E-state index in [0.29, 0.717) is 0 Å². The van der Waals surface area contributed by atoms with Crippen molar-refractivity contribution in [1.29, 1.82) is 0 Å². The Morgan fingerprint density at radius 2 is 2.10 bits per heavy atom. The summed E-state index contributed by atoms with van der Waals surface area (Å²) in [6.45, 7) is 14.2. The molecule has 0 aliphatic heterocycles. The molecule has 3 atom stereocenters. The summed E-state index contributed by atoms with van der Waals surface area (Å²) < 4.78 is 11.4. The normalized spacial score (nSPS) is 33.8. The van der Waals surface area contributed by atoms with Crippen molar-refractivity contribution in [3.05, 3.63) is 12.2 Å². The maximum atomic E-state index is 12.4. The molecule has 0 aromatic heterocycles. The van der Waals surface area contributed by atoms with Gasteiger partial charge >= 0.3 is 0 Å². The van der Waals surface area contributed by atoms with Crippen LogP contribution in [0.2, 0.25) is 25.7 Å². The summed E-state index contributed by atoms with van der Waals surface area (Å²) in [7, 11) is -1.06. The number of hydrogen-bond acceptors (Lipinski definition) is 3. The Morgan fingerprint density at radius 1 is 1.40 bits per heavy atom. The molecule has 3 aliphatic rings. The highest BCUT2D eigenvalue weighted by atomic mass is 28.3. The van der Waals surface area contributed by atoms with Gasteiger partial charge in [0.25, 0.3) is 0 Å². The lowest BCUT2D eigenvalue weighted by Crippen LogP contribution is -2.53. The first kappa shape index (κ1) is 15.9. The molecule has 4 heteroatoms. The van der Waals surface area contributed by atoms with Crippen molar-refractivity contribution in [1.82, 2.24) is 0 Å². The van der Waals surface area contributed by atoms with E-state index in [9.17, 15) is 4.79 Å². The Balaban J connectivity index is 1.81. The molecule has 3 saturated carbocycles. The van der Waals surface area contributed by atoms with Crippen LogP contribution >= 0.6 is 0 Å². The molecule has 0 spiro atoms. The van der Waals surface area contributed by atoms with E-state index < -0.39 is 8.07 Å². The van der Waals surface area contributed by atoms with Gasteiger partial charge in [0.2, 0.25) is 0 Å². The predicted octanol–water partition coefficient (Wildman–Crippen LogP) is 3.63. The summed E-state index contributed by atoms with van der Waals surface area (Å²) in [6, 6.07) is 1.13. The maximum absolute atomic E-state index is 12.4. The zero-order chi connectivity index (χ0) is 15.0. The topological polar surface area (TPSA) is 35.5 Å². The van der Waals surface area contributed by atoms with Crippen LogP contribution in [0.1, 0.15) is 26.2 Å². The molecule has 3 rings (SSSR count). The third-order valence-electron chi connectivity index (χ3n) is 4.68. The second-order valence-electron chi connectivity index (χ2n) is 7.87. The molecule has 3 aliphatic carbocycles. The fraction of sp³-hybridized carbons (Fsp3) is 0.812. The number of allylic oxidation sites excluding steroid dienone is 1. The fourth-order valence-corrected chi connectivity index (χ4v) is 4.10. The third-order valence-corrected chi connectivity index (χ3v) is 6.38. The largest absolute Gasteiger partial charge is 0.356 e. The Kier molecular flexibility index (Phi) is 4.57. The van der Waals surface area contributed by atoms with Gasteiger partial charge < -0.3 is 9.47 Å². The van der Waals surface area contributed by atoms with Gasteiger partial charge in [0.15, 0.2) is 5.78 Å². The number of carbonyl (C=O) groups is 1. The Morgan fingerprint density at radius 3 is 2.65 bits per heavy atom. The van der Waals surface area contributed by atoms with Gasteiger partial charge in [-0.25, -0.2) is 0 Å². The summed E-state index contributed by atoms with van der Waals surface area (Å²) >= 11 is 0. The summed E-state index contributed by atoms with van der Waals surface area (Å²) in [5.41, 5.74) is 1.04. The van der Waals surface area contributed by atoms with E-state index >= 15 is 0 Å². The van der Waals surface area contributed by atoms with Gasteiger partial charge in [0.1, 0.15) is 12.9 Å². The van der Waals surface area contributed by atoms with Gasteiger partial charge in [-0.05, 0) is 25.3 Å². The van der Waals surface area contributed by atoms with E-state index in [1.807, 2.05) is 0 Å². The lowest BCUT2D eigenvalue weighted by atomic mass is 9.57. The highest BCUT2D eigenvalue weighted by molar-refractivity contribution is 6.76. The highest BCUT2D eigenvalue weighted by Gasteiger charge is 2.52. The highest BCUT2D eigenvalue weighted by Crippen LogP contribution is 2.51. The number of hydrogen-bond donors (Lipinski definition) is 0. The quantitative estimate of drug-likeness (QED) is 0.325. The molecule has 0 N–H and O–H groups in total. The molecule has 114 valence electrons. The van der Waals surface area contributed by atoms with Crippen LogP contribution in [0.3, 0.4) is 0 Å². The summed E-state index contributed by atoms with van der Waals surface area (Å²) in [5, 5.41) is 0. The Bertz CT molecular complexity index is 399. The molecule has 3 fully saturated rings. The average Bonchev–Trinajstić information content (AvgIpc) is 2.30. The minimum Gasteiger partial charge on any atom is -0.356 e. The van der Waals surface area contributed by atoms with Gasteiger partial charge in [-0.15, -0.1) is 0 Å². The molecule has 0 heterocycles. The van der Waals surface area contributed by atoms with Crippen LogP contribution < -0.4 is 0 Å². The molecule has 20 heavy (non-hydrogen) atoms. The molecule has 0 aromatic rings. The number of ketones is 1. The van der Waals surface area contributed by atoms with Crippen LogP contribution in [0.5, 0.6) is 0 Å². The van der Waals surface area contributed by atoms with E-state index in [4.69, 9.17) is 9.47 Å². The summed E-state index contributed by atoms with van der Waals surface area (Å²) in [6.07, 6.45) is 2.63. The number of rotatable bonds is 6. The van der Waals surface area contributed by atoms with Crippen molar-refractivity contribution >= 4 is 13.9 Å². The molecule has 0 amide bonds. The monoisotopic (exact) mass is 296 g/mol. The Labute approximate surface area is 123 Å². The van der Waals surface area contributed by atoms with Crippen molar-refractivity contribution in [2.75, 3.05) is 13.4 Å². The SMILES string of the molecule is C=C1C[C@@]2(C)CC[C@@H]1C(=O)[C@H]2OCOCC[Si](C)(C)C. The van der Waals surface area contributed by atoms with Gasteiger partial charge in [0.05, 0.1) is 0 Å². The van der Waals surface area contributed by atoms with Crippen molar-refractivity contribution in [3.8, 4) is 0 Å². The van der Waals surface area contributed by atoms with Crippen LogP contribution in [0.4, 0.5) is 0 Å². The molecular weight excluding hydrogens is 268 g/mol. The second-order valence-corrected chi connectivity index (χ2v) is 13.5. The van der Waals surface area contributed by atoms with Crippen molar-refractivity contribution in [3.63, 3.8) is 0 Å². The van der Waals surface area contributed by atoms with Crippen LogP contribution in [-0.4, -0.2) is 33.4 Å². The van der Waals surface area contributed by atoms with Crippen LogP contribution in [-0.2, 0) is 14.3 Å². The van der Waals surface area contributed by atoms with Crippen molar-refractivity contribution in [2.24, 2.45) is 11.3 Å². The van der Waals surface area contributed by atoms with Crippen LogP contribution in [0.25, 0.3) is 0 Å². The number of ether oxygens (including phenoxy) is 2. The maximum Gasteiger partial charge on any atom is 0.169 e. The van der Waals surface area contributed by atoms with Crippen LogP contribution in [0.15, 0.2) is 12.2 Å². The van der Waals surface area contributed by atoms with E-state index in [0.717, 1.165) is 37.5 Å². The molecule has 0 aromatic carbocycles. The minimum atomic E-state index is -1.06. The lowest BCUT2D eigenvalue weighted by molar-refractivity contribution is -0.172.